The quantitative estimate of drug-likeness (QED) is 0.533. The molecule has 0 aliphatic rings. The number of para-hydroxylation sites is 1. The van der Waals surface area contributed by atoms with E-state index in [1.54, 1.807) is 11.8 Å². The maximum atomic E-state index is 5.58. The molecule has 0 fully saturated rings. The molecule has 0 heterocycles. The maximum Gasteiger partial charge on any atom is 0.132 e. The minimum atomic E-state index is 0.616. The molecule has 2 nitrogen and oxygen atoms in total. The summed E-state index contributed by atoms with van der Waals surface area (Å²) in [5, 5.41) is 0. The van der Waals surface area contributed by atoms with Gasteiger partial charge in [0.15, 0.2) is 0 Å². The molecule has 78 valence electrons. The lowest BCUT2D eigenvalue weighted by molar-refractivity contribution is 0.109. The van der Waals surface area contributed by atoms with Crippen molar-refractivity contribution < 1.29 is 9.47 Å². The molecule has 1 aromatic carbocycles. The van der Waals surface area contributed by atoms with E-state index in [1.165, 1.54) is 4.90 Å². The summed E-state index contributed by atoms with van der Waals surface area (Å²) in [6.07, 6.45) is 2.05. The second-order valence-corrected chi connectivity index (χ2v) is 3.54. The zero-order valence-corrected chi connectivity index (χ0v) is 9.47. The van der Waals surface area contributed by atoms with Gasteiger partial charge in [-0.2, -0.15) is 0 Å². The summed E-state index contributed by atoms with van der Waals surface area (Å²) in [5.74, 6) is 0.944. The first-order valence-electron chi connectivity index (χ1n) is 4.72. The second kappa shape index (κ2) is 6.74. The Morgan fingerprint density at radius 3 is 2.71 bits per heavy atom. The standard InChI is InChI=1S/C11H16O2S/c1-3-12-8-9-13-10-6-4-5-7-11(10)14-2/h4-7H,3,8-9H2,1-2H3. The molecule has 0 saturated carbocycles. The van der Waals surface area contributed by atoms with Crippen molar-refractivity contribution in [3.05, 3.63) is 24.3 Å². The molecule has 0 atom stereocenters. The summed E-state index contributed by atoms with van der Waals surface area (Å²) in [7, 11) is 0. The topological polar surface area (TPSA) is 18.5 Å². The summed E-state index contributed by atoms with van der Waals surface area (Å²) in [6, 6.07) is 8.04. The highest BCUT2D eigenvalue weighted by Gasteiger charge is 1.99. The van der Waals surface area contributed by atoms with E-state index in [-0.39, 0.29) is 0 Å². The molecule has 0 radical (unpaired) electrons. The molecule has 0 aliphatic heterocycles. The Bertz CT molecular complexity index is 263. The molecule has 1 rings (SSSR count). The summed E-state index contributed by atoms with van der Waals surface area (Å²) >= 11 is 1.69. The van der Waals surface area contributed by atoms with Crippen LogP contribution >= 0.6 is 11.8 Å². The minimum absolute atomic E-state index is 0.616. The number of rotatable bonds is 6. The van der Waals surface area contributed by atoms with Crippen LogP contribution in [0.3, 0.4) is 0 Å². The lowest BCUT2D eigenvalue weighted by Crippen LogP contribution is -2.06. The zero-order chi connectivity index (χ0) is 10.2. The van der Waals surface area contributed by atoms with Gasteiger partial charge < -0.3 is 9.47 Å². The maximum absolute atomic E-state index is 5.58. The molecule has 1 aromatic rings. The van der Waals surface area contributed by atoms with Crippen molar-refractivity contribution in [2.24, 2.45) is 0 Å². The van der Waals surface area contributed by atoms with Crippen molar-refractivity contribution in [1.82, 2.24) is 0 Å². The van der Waals surface area contributed by atoms with E-state index in [9.17, 15) is 0 Å². The summed E-state index contributed by atoms with van der Waals surface area (Å²) < 4.78 is 10.8. The molecule has 0 aromatic heterocycles. The predicted molar refractivity (Wildman–Crippen MR) is 60.2 cm³/mol. The SMILES string of the molecule is CCOCCOc1ccccc1SC. The van der Waals surface area contributed by atoms with Crippen molar-refractivity contribution in [1.29, 1.82) is 0 Å². The fraction of sp³-hybridized carbons (Fsp3) is 0.455. The minimum Gasteiger partial charge on any atom is -0.490 e. The molecular formula is C11H16O2S. The zero-order valence-electron chi connectivity index (χ0n) is 8.66. The highest BCUT2D eigenvalue weighted by molar-refractivity contribution is 7.98. The van der Waals surface area contributed by atoms with E-state index in [4.69, 9.17) is 9.47 Å². The smallest absolute Gasteiger partial charge is 0.132 e. The van der Waals surface area contributed by atoms with Gasteiger partial charge in [-0.25, -0.2) is 0 Å². The van der Waals surface area contributed by atoms with E-state index in [1.807, 2.05) is 31.4 Å². The van der Waals surface area contributed by atoms with Gasteiger partial charge in [0, 0.05) is 11.5 Å². The van der Waals surface area contributed by atoms with Gasteiger partial charge in [0.05, 0.1) is 6.61 Å². The fourth-order valence-corrected chi connectivity index (χ4v) is 1.64. The first-order chi connectivity index (χ1) is 6.88. The lowest BCUT2D eigenvalue weighted by atomic mass is 10.3. The van der Waals surface area contributed by atoms with Crippen LogP contribution in [0.1, 0.15) is 6.92 Å². The molecule has 0 amide bonds. The number of thioether (sulfide) groups is 1. The van der Waals surface area contributed by atoms with Gasteiger partial charge in [0.25, 0.3) is 0 Å². The highest BCUT2D eigenvalue weighted by atomic mass is 32.2. The van der Waals surface area contributed by atoms with Gasteiger partial charge in [-0.15, -0.1) is 11.8 Å². The highest BCUT2D eigenvalue weighted by Crippen LogP contribution is 2.26. The third-order valence-electron chi connectivity index (χ3n) is 1.76. The summed E-state index contributed by atoms with van der Waals surface area (Å²) in [5.41, 5.74) is 0. The van der Waals surface area contributed by atoms with Crippen LogP contribution in [0.5, 0.6) is 5.75 Å². The van der Waals surface area contributed by atoms with Gasteiger partial charge in [-0.1, -0.05) is 12.1 Å². The van der Waals surface area contributed by atoms with Crippen LogP contribution in [0.2, 0.25) is 0 Å². The summed E-state index contributed by atoms with van der Waals surface area (Å²) in [6.45, 7) is 3.99. The van der Waals surface area contributed by atoms with Crippen LogP contribution in [0.15, 0.2) is 29.2 Å². The van der Waals surface area contributed by atoms with E-state index in [0.717, 1.165) is 12.4 Å². The Morgan fingerprint density at radius 2 is 2.00 bits per heavy atom. The van der Waals surface area contributed by atoms with E-state index in [0.29, 0.717) is 13.2 Å². The van der Waals surface area contributed by atoms with Crippen LogP contribution < -0.4 is 4.74 Å². The van der Waals surface area contributed by atoms with Crippen LogP contribution in [0, 0.1) is 0 Å². The molecular weight excluding hydrogens is 196 g/mol. The summed E-state index contributed by atoms with van der Waals surface area (Å²) in [4.78, 5) is 1.17. The number of hydrogen-bond donors (Lipinski definition) is 0. The van der Waals surface area contributed by atoms with Crippen molar-refractivity contribution >= 4 is 11.8 Å². The van der Waals surface area contributed by atoms with Crippen molar-refractivity contribution in [3.63, 3.8) is 0 Å². The van der Waals surface area contributed by atoms with Gasteiger partial charge >= 0.3 is 0 Å². The van der Waals surface area contributed by atoms with E-state index in [2.05, 4.69) is 6.07 Å². The third-order valence-corrected chi connectivity index (χ3v) is 2.54. The Hall–Kier alpha value is -0.670. The number of ether oxygens (including phenoxy) is 2. The first-order valence-corrected chi connectivity index (χ1v) is 5.94. The monoisotopic (exact) mass is 212 g/mol. The Kier molecular flexibility index (Phi) is 5.49. The molecule has 0 bridgehead atoms. The predicted octanol–water partition coefficient (Wildman–Crippen LogP) is 2.82. The van der Waals surface area contributed by atoms with Gasteiger partial charge in [-0.3, -0.25) is 0 Å². The molecule has 14 heavy (non-hydrogen) atoms. The molecule has 0 unspecified atom stereocenters. The van der Waals surface area contributed by atoms with Crippen LogP contribution in [0.25, 0.3) is 0 Å². The van der Waals surface area contributed by atoms with Gasteiger partial charge in [0.1, 0.15) is 12.4 Å². The Balaban J connectivity index is 2.41. The fourth-order valence-electron chi connectivity index (χ4n) is 1.09. The van der Waals surface area contributed by atoms with E-state index < -0.39 is 0 Å². The normalized spacial score (nSPS) is 10.1. The van der Waals surface area contributed by atoms with Crippen LogP contribution in [-0.2, 0) is 4.74 Å². The number of hydrogen-bond acceptors (Lipinski definition) is 3. The molecule has 0 spiro atoms. The Labute approximate surface area is 89.6 Å². The van der Waals surface area contributed by atoms with Crippen LogP contribution in [0.4, 0.5) is 0 Å². The molecule has 0 N–H and O–H groups in total. The van der Waals surface area contributed by atoms with E-state index >= 15 is 0 Å². The van der Waals surface area contributed by atoms with Gasteiger partial charge in [0.2, 0.25) is 0 Å². The van der Waals surface area contributed by atoms with Crippen molar-refractivity contribution in [2.45, 2.75) is 11.8 Å². The third kappa shape index (κ3) is 3.60. The first kappa shape index (κ1) is 11.4. The van der Waals surface area contributed by atoms with Gasteiger partial charge in [-0.05, 0) is 25.3 Å². The average molecular weight is 212 g/mol. The average Bonchev–Trinajstić information content (AvgIpc) is 2.25. The largest absolute Gasteiger partial charge is 0.490 e. The van der Waals surface area contributed by atoms with Crippen molar-refractivity contribution in [2.75, 3.05) is 26.1 Å². The lowest BCUT2D eigenvalue weighted by Gasteiger charge is -2.09. The number of benzene rings is 1. The second-order valence-electron chi connectivity index (χ2n) is 2.70. The Morgan fingerprint density at radius 1 is 1.21 bits per heavy atom. The van der Waals surface area contributed by atoms with Crippen molar-refractivity contribution in [3.8, 4) is 5.75 Å². The molecule has 3 heteroatoms. The van der Waals surface area contributed by atoms with Crippen LogP contribution in [-0.4, -0.2) is 26.1 Å². The molecule has 0 saturated heterocycles. The molecule has 0 aliphatic carbocycles.